The molecule has 2 amide bonds. The summed E-state index contributed by atoms with van der Waals surface area (Å²) in [5.74, 6) is -0.907. The van der Waals surface area contributed by atoms with Crippen LogP contribution in [-0.2, 0) is 4.79 Å². The number of carboxylic acids is 1. The molecule has 1 fully saturated rings. The molecule has 0 bridgehead atoms. The fourth-order valence-corrected chi connectivity index (χ4v) is 2.70. The topological polar surface area (TPSA) is 81.7 Å². The molecular formula is C15H29N3O3. The summed E-state index contributed by atoms with van der Waals surface area (Å²) in [7, 11) is 0. The highest BCUT2D eigenvalue weighted by atomic mass is 16.4. The van der Waals surface area contributed by atoms with Crippen LogP contribution in [-0.4, -0.2) is 40.2 Å². The van der Waals surface area contributed by atoms with Crippen LogP contribution in [0, 0.1) is 5.41 Å². The van der Waals surface area contributed by atoms with E-state index >= 15 is 0 Å². The van der Waals surface area contributed by atoms with Gasteiger partial charge in [0.05, 0.1) is 6.42 Å². The van der Waals surface area contributed by atoms with E-state index in [1.807, 2.05) is 25.8 Å². The highest BCUT2D eigenvalue weighted by Crippen LogP contribution is 2.23. The highest BCUT2D eigenvalue weighted by molar-refractivity contribution is 5.75. The van der Waals surface area contributed by atoms with Crippen LogP contribution in [0.5, 0.6) is 0 Å². The van der Waals surface area contributed by atoms with Crippen LogP contribution in [0.1, 0.15) is 60.3 Å². The van der Waals surface area contributed by atoms with Gasteiger partial charge in [0, 0.05) is 18.1 Å². The third-order valence-electron chi connectivity index (χ3n) is 4.15. The predicted octanol–water partition coefficient (Wildman–Crippen LogP) is 2.35. The molecule has 3 atom stereocenters. The first-order chi connectivity index (χ1) is 9.61. The van der Waals surface area contributed by atoms with E-state index in [1.165, 1.54) is 6.42 Å². The average molecular weight is 299 g/mol. The molecule has 0 aromatic carbocycles. The highest BCUT2D eigenvalue weighted by Gasteiger charge is 2.31. The molecule has 6 nitrogen and oxygen atoms in total. The van der Waals surface area contributed by atoms with Crippen LogP contribution in [0.3, 0.4) is 0 Å². The fourth-order valence-electron chi connectivity index (χ4n) is 2.70. The zero-order chi connectivity index (χ0) is 16.2. The second kappa shape index (κ2) is 7.11. The van der Waals surface area contributed by atoms with Gasteiger partial charge in [-0.3, -0.25) is 10.2 Å². The van der Waals surface area contributed by atoms with Gasteiger partial charge in [0.2, 0.25) is 0 Å². The lowest BCUT2D eigenvalue weighted by atomic mass is 9.85. The van der Waals surface area contributed by atoms with Crippen molar-refractivity contribution in [2.45, 2.75) is 78.4 Å². The van der Waals surface area contributed by atoms with E-state index in [0.29, 0.717) is 12.1 Å². The van der Waals surface area contributed by atoms with E-state index in [0.717, 1.165) is 12.8 Å². The first kappa shape index (κ1) is 17.8. The number of amides is 2. The number of urea groups is 1. The summed E-state index contributed by atoms with van der Waals surface area (Å²) in [5, 5.41) is 13.8. The fraction of sp³-hybridized carbons (Fsp3) is 0.867. The van der Waals surface area contributed by atoms with Crippen molar-refractivity contribution in [3.8, 4) is 0 Å². The number of rotatable bonds is 4. The second-order valence-corrected chi connectivity index (χ2v) is 7.14. The number of piperidine rings is 1. The number of carbonyl (C=O) groups is 2. The molecule has 1 aliphatic heterocycles. The zero-order valence-corrected chi connectivity index (χ0v) is 13.8. The Labute approximate surface area is 127 Å². The van der Waals surface area contributed by atoms with Crippen LogP contribution in [0.15, 0.2) is 0 Å². The third kappa shape index (κ3) is 5.53. The van der Waals surface area contributed by atoms with E-state index in [4.69, 9.17) is 5.11 Å². The first-order valence-electron chi connectivity index (χ1n) is 7.68. The van der Waals surface area contributed by atoms with Gasteiger partial charge in [-0.05, 0) is 32.1 Å². The Hall–Kier alpha value is -1.30. The molecule has 6 heteroatoms. The van der Waals surface area contributed by atoms with Crippen molar-refractivity contribution in [2.75, 3.05) is 0 Å². The molecule has 0 aromatic rings. The van der Waals surface area contributed by atoms with E-state index in [2.05, 4.69) is 24.6 Å². The van der Waals surface area contributed by atoms with Crippen molar-refractivity contribution in [1.82, 2.24) is 15.8 Å². The summed E-state index contributed by atoms with van der Waals surface area (Å²) in [5.41, 5.74) is 2.57. The Kier molecular flexibility index (Phi) is 6.01. The Bertz CT molecular complexity index is 369. The minimum atomic E-state index is -0.907. The van der Waals surface area contributed by atoms with Gasteiger partial charge in [0.25, 0.3) is 0 Å². The molecule has 0 radical (unpaired) electrons. The maximum Gasteiger partial charge on any atom is 0.329 e. The molecule has 3 N–H and O–H groups in total. The number of carboxylic acid groups (broad SMARTS) is 1. The number of hydrazine groups is 1. The number of carbonyl (C=O) groups excluding carboxylic acids is 1. The molecular weight excluding hydrogens is 270 g/mol. The van der Waals surface area contributed by atoms with Gasteiger partial charge in [0.15, 0.2) is 0 Å². The van der Waals surface area contributed by atoms with Crippen LogP contribution in [0.2, 0.25) is 0 Å². The number of nitrogens with zero attached hydrogens (tertiary/aromatic N) is 1. The lowest BCUT2D eigenvalue weighted by Crippen LogP contribution is -2.59. The molecule has 0 aromatic heterocycles. The van der Waals surface area contributed by atoms with Crippen LogP contribution in [0.25, 0.3) is 0 Å². The minimum absolute atomic E-state index is 0.0813. The average Bonchev–Trinajstić information content (AvgIpc) is 2.31. The molecule has 0 aliphatic carbocycles. The Morgan fingerprint density at radius 3 is 2.19 bits per heavy atom. The minimum Gasteiger partial charge on any atom is -0.481 e. The van der Waals surface area contributed by atoms with Crippen molar-refractivity contribution in [3.05, 3.63) is 0 Å². The molecule has 1 rings (SSSR count). The van der Waals surface area contributed by atoms with E-state index in [1.54, 1.807) is 0 Å². The predicted molar refractivity (Wildman–Crippen MR) is 81.8 cm³/mol. The zero-order valence-electron chi connectivity index (χ0n) is 13.8. The van der Waals surface area contributed by atoms with Gasteiger partial charge >= 0.3 is 12.0 Å². The lowest BCUT2D eigenvalue weighted by molar-refractivity contribution is -0.138. The van der Waals surface area contributed by atoms with Crippen molar-refractivity contribution < 1.29 is 14.7 Å². The number of aliphatic carboxylic acids is 1. The number of nitrogens with one attached hydrogen (secondary N) is 2. The van der Waals surface area contributed by atoms with E-state index in [9.17, 15) is 9.59 Å². The summed E-state index contributed by atoms with van der Waals surface area (Å²) < 4.78 is 0. The van der Waals surface area contributed by atoms with E-state index in [-0.39, 0.29) is 17.9 Å². The van der Waals surface area contributed by atoms with Gasteiger partial charge in [-0.15, -0.1) is 0 Å². The van der Waals surface area contributed by atoms with Gasteiger partial charge in [-0.2, -0.15) is 0 Å². The molecule has 3 unspecified atom stereocenters. The maximum absolute atomic E-state index is 12.2. The number of hydrogen-bond acceptors (Lipinski definition) is 3. The monoisotopic (exact) mass is 299 g/mol. The normalized spacial score (nSPS) is 25.2. The third-order valence-corrected chi connectivity index (χ3v) is 4.15. The largest absolute Gasteiger partial charge is 0.481 e. The van der Waals surface area contributed by atoms with Crippen molar-refractivity contribution in [1.29, 1.82) is 0 Å². The molecule has 0 spiro atoms. The Morgan fingerprint density at radius 2 is 1.76 bits per heavy atom. The van der Waals surface area contributed by atoms with Gasteiger partial charge in [-0.1, -0.05) is 27.2 Å². The summed E-state index contributed by atoms with van der Waals surface area (Å²) in [6.07, 6.45) is 3.21. The SMILES string of the molecule is CC1CCCC(C)N1NC(=O)NC(CC(=O)O)C(C)(C)C. The van der Waals surface area contributed by atoms with Crippen LogP contribution >= 0.6 is 0 Å². The van der Waals surface area contributed by atoms with Gasteiger partial charge in [-0.25, -0.2) is 9.80 Å². The quantitative estimate of drug-likeness (QED) is 0.744. The molecule has 1 saturated heterocycles. The second-order valence-electron chi connectivity index (χ2n) is 7.14. The van der Waals surface area contributed by atoms with Crippen molar-refractivity contribution >= 4 is 12.0 Å². The van der Waals surface area contributed by atoms with E-state index < -0.39 is 12.0 Å². The lowest BCUT2D eigenvalue weighted by Gasteiger charge is -2.39. The van der Waals surface area contributed by atoms with Gasteiger partial charge < -0.3 is 10.4 Å². The molecule has 21 heavy (non-hydrogen) atoms. The summed E-state index contributed by atoms with van der Waals surface area (Å²) in [4.78, 5) is 23.1. The number of hydrogen-bond donors (Lipinski definition) is 3. The Morgan fingerprint density at radius 1 is 1.24 bits per heavy atom. The van der Waals surface area contributed by atoms with Crippen LogP contribution in [0.4, 0.5) is 4.79 Å². The summed E-state index contributed by atoms with van der Waals surface area (Å²) in [6.45, 7) is 9.95. The smallest absolute Gasteiger partial charge is 0.329 e. The van der Waals surface area contributed by atoms with Crippen LogP contribution < -0.4 is 10.7 Å². The Balaban J connectivity index is 2.63. The molecule has 122 valence electrons. The summed E-state index contributed by atoms with van der Waals surface area (Å²) >= 11 is 0. The van der Waals surface area contributed by atoms with Gasteiger partial charge in [0.1, 0.15) is 0 Å². The molecule has 1 heterocycles. The maximum atomic E-state index is 12.2. The van der Waals surface area contributed by atoms with Crippen molar-refractivity contribution in [2.24, 2.45) is 5.41 Å². The first-order valence-corrected chi connectivity index (χ1v) is 7.68. The molecule has 0 saturated carbocycles. The van der Waals surface area contributed by atoms with Crippen molar-refractivity contribution in [3.63, 3.8) is 0 Å². The molecule has 1 aliphatic rings. The summed E-state index contributed by atoms with van der Waals surface area (Å²) in [6, 6.07) is -0.138. The standard InChI is InChI=1S/C15H29N3O3/c1-10-7-6-8-11(2)18(10)17-14(21)16-12(9-13(19)20)15(3,4)5/h10-12H,6-9H2,1-5H3,(H,19,20)(H2,16,17,21).